The number of allylic oxidation sites excluding steroid dienone is 3. The molecule has 3 rings (SSSR count). The van der Waals surface area contributed by atoms with Crippen LogP contribution in [0.5, 0.6) is 0 Å². The smallest absolute Gasteiger partial charge is 0.408 e. The summed E-state index contributed by atoms with van der Waals surface area (Å²) in [4.78, 5) is 14.2. The van der Waals surface area contributed by atoms with Gasteiger partial charge in [-0.05, 0) is 32.3 Å². The summed E-state index contributed by atoms with van der Waals surface area (Å²) in [5, 5.41) is 12.0. The van der Waals surface area contributed by atoms with E-state index in [9.17, 15) is 18.0 Å². The highest BCUT2D eigenvalue weighted by Crippen LogP contribution is 2.30. The highest BCUT2D eigenvalue weighted by molar-refractivity contribution is 6.02. The molecule has 1 saturated heterocycles. The predicted molar refractivity (Wildman–Crippen MR) is 104 cm³/mol. The number of hydrazine groups is 2. The number of likely N-dealkylation sites (N-methyl/N-ethyl adjacent to an activating group) is 1. The maximum atomic E-state index is 12.8. The van der Waals surface area contributed by atoms with Gasteiger partial charge in [0.2, 0.25) is 0 Å². The van der Waals surface area contributed by atoms with Crippen LogP contribution < -0.4 is 10.9 Å². The molecular weight excluding hydrogens is 401 g/mol. The number of carbonyl (C=O) groups is 1. The molecule has 2 fully saturated rings. The zero-order chi connectivity index (χ0) is 21.9. The number of halogens is 3. The van der Waals surface area contributed by atoms with Crippen molar-refractivity contribution < 1.29 is 22.7 Å². The molecule has 1 saturated carbocycles. The number of amidine groups is 1. The number of rotatable bonds is 6. The van der Waals surface area contributed by atoms with Gasteiger partial charge in [0.15, 0.2) is 5.84 Å². The van der Waals surface area contributed by atoms with Gasteiger partial charge in [0.1, 0.15) is 11.5 Å². The average Bonchev–Trinajstić information content (AvgIpc) is 3.21. The standard InChI is InChI=1S/C19H27F3N6O2/c1-3-27-18(29)26(2)15(17(23)28(27)13-8-4-5-9-13)12-24-25-14-10-6-7-11-16(14)30-19(20,21)22/h6,10,12-13,23-25H,3-5,7-9,11H2,1-2H3/b15-12+,23-17?. The van der Waals surface area contributed by atoms with E-state index in [1.165, 1.54) is 17.2 Å². The number of alkyl halides is 3. The molecule has 2 amide bonds. The third-order valence-corrected chi connectivity index (χ3v) is 5.35. The predicted octanol–water partition coefficient (Wildman–Crippen LogP) is 3.54. The third kappa shape index (κ3) is 4.65. The molecule has 2 aliphatic carbocycles. The van der Waals surface area contributed by atoms with E-state index in [1.54, 1.807) is 23.1 Å². The second-order valence-electron chi connectivity index (χ2n) is 7.31. The first-order chi connectivity index (χ1) is 14.2. The summed E-state index contributed by atoms with van der Waals surface area (Å²) in [7, 11) is 1.57. The molecule has 0 aromatic carbocycles. The maximum absolute atomic E-state index is 12.8. The van der Waals surface area contributed by atoms with E-state index in [1.807, 2.05) is 6.92 Å². The van der Waals surface area contributed by atoms with Crippen molar-refractivity contribution in [1.29, 1.82) is 5.41 Å². The summed E-state index contributed by atoms with van der Waals surface area (Å²) in [6, 6.07) is -0.173. The Morgan fingerprint density at radius 3 is 2.67 bits per heavy atom. The molecule has 0 aromatic rings. The number of hydrogen-bond acceptors (Lipinski definition) is 5. The Morgan fingerprint density at radius 1 is 1.33 bits per heavy atom. The van der Waals surface area contributed by atoms with Crippen LogP contribution >= 0.6 is 0 Å². The number of nitrogens with one attached hydrogen (secondary N) is 3. The molecule has 0 bridgehead atoms. The highest BCUT2D eigenvalue weighted by atomic mass is 19.4. The summed E-state index contributed by atoms with van der Waals surface area (Å²) in [5.41, 5.74) is 5.87. The molecule has 166 valence electrons. The third-order valence-electron chi connectivity index (χ3n) is 5.35. The fourth-order valence-corrected chi connectivity index (χ4v) is 3.93. The lowest BCUT2D eigenvalue weighted by Gasteiger charge is -2.47. The van der Waals surface area contributed by atoms with Crippen molar-refractivity contribution in [2.45, 2.75) is 57.9 Å². The molecule has 8 nitrogen and oxygen atoms in total. The van der Waals surface area contributed by atoms with Gasteiger partial charge in [-0.25, -0.2) is 9.80 Å². The molecule has 1 aliphatic heterocycles. The van der Waals surface area contributed by atoms with Crippen LogP contribution in [0.4, 0.5) is 18.0 Å². The Kier molecular flexibility index (Phi) is 6.47. The zero-order valence-electron chi connectivity index (χ0n) is 17.1. The van der Waals surface area contributed by atoms with Crippen LogP contribution in [0, 0.1) is 5.41 Å². The van der Waals surface area contributed by atoms with Gasteiger partial charge < -0.3 is 10.2 Å². The molecule has 1 heterocycles. The molecule has 3 N–H and O–H groups in total. The quantitative estimate of drug-likeness (QED) is 0.564. The zero-order valence-corrected chi connectivity index (χ0v) is 17.1. The lowest BCUT2D eigenvalue weighted by molar-refractivity contribution is -0.307. The van der Waals surface area contributed by atoms with E-state index >= 15 is 0 Å². The van der Waals surface area contributed by atoms with Crippen molar-refractivity contribution in [3.63, 3.8) is 0 Å². The lowest BCUT2D eigenvalue weighted by atomic mass is 10.1. The molecule has 0 atom stereocenters. The van der Waals surface area contributed by atoms with E-state index < -0.39 is 6.36 Å². The number of ether oxygens (including phenoxy) is 1. The van der Waals surface area contributed by atoms with Gasteiger partial charge in [0, 0.05) is 26.2 Å². The largest absolute Gasteiger partial charge is 0.572 e. The molecule has 0 radical (unpaired) electrons. The SMILES string of the molecule is CCN1C(=O)N(C)/C(=C/NNC2=C(OC(F)(F)F)CCC=C2)C(=N)N1C1CCCC1. The summed E-state index contributed by atoms with van der Waals surface area (Å²) in [6.07, 6.45) is 4.37. The number of hydrogen-bond donors (Lipinski definition) is 3. The van der Waals surface area contributed by atoms with Crippen molar-refractivity contribution in [2.24, 2.45) is 0 Å². The van der Waals surface area contributed by atoms with Crippen LogP contribution in [0.2, 0.25) is 0 Å². The van der Waals surface area contributed by atoms with Crippen LogP contribution in [0.25, 0.3) is 0 Å². The van der Waals surface area contributed by atoms with Gasteiger partial charge >= 0.3 is 12.4 Å². The lowest BCUT2D eigenvalue weighted by Crippen LogP contribution is -2.62. The summed E-state index contributed by atoms with van der Waals surface area (Å²) in [5.74, 6) is -0.0520. The molecule has 0 spiro atoms. The number of urea groups is 1. The van der Waals surface area contributed by atoms with Crippen molar-refractivity contribution in [3.05, 3.63) is 35.5 Å². The van der Waals surface area contributed by atoms with Gasteiger partial charge in [0.25, 0.3) is 0 Å². The van der Waals surface area contributed by atoms with Gasteiger partial charge in [0.05, 0.1) is 11.7 Å². The van der Waals surface area contributed by atoms with Crippen molar-refractivity contribution in [2.75, 3.05) is 13.6 Å². The van der Waals surface area contributed by atoms with Crippen molar-refractivity contribution >= 4 is 11.9 Å². The van der Waals surface area contributed by atoms with Crippen molar-refractivity contribution in [3.8, 4) is 0 Å². The van der Waals surface area contributed by atoms with Crippen LogP contribution in [0.1, 0.15) is 45.4 Å². The molecule has 0 aromatic heterocycles. The minimum Gasteiger partial charge on any atom is -0.408 e. The molecule has 30 heavy (non-hydrogen) atoms. The maximum Gasteiger partial charge on any atom is 0.572 e. The first-order valence-electron chi connectivity index (χ1n) is 10.0. The summed E-state index contributed by atoms with van der Waals surface area (Å²) in [6.45, 7) is 2.30. The Hall–Kier alpha value is -2.85. The fourth-order valence-electron chi connectivity index (χ4n) is 3.93. The summed E-state index contributed by atoms with van der Waals surface area (Å²) < 4.78 is 41.9. The minimum absolute atomic E-state index is 0.0854. The van der Waals surface area contributed by atoms with Crippen LogP contribution in [0.3, 0.4) is 0 Å². The van der Waals surface area contributed by atoms with E-state index in [-0.39, 0.29) is 35.8 Å². The average molecular weight is 428 g/mol. The molecule has 3 aliphatic rings. The number of nitrogens with zero attached hydrogens (tertiary/aromatic N) is 3. The van der Waals surface area contributed by atoms with Gasteiger partial charge in [-0.2, -0.15) is 0 Å². The monoisotopic (exact) mass is 428 g/mol. The normalized spacial score (nSPS) is 22.4. The van der Waals surface area contributed by atoms with E-state index in [0.717, 1.165) is 25.7 Å². The van der Waals surface area contributed by atoms with Crippen LogP contribution in [-0.2, 0) is 4.74 Å². The minimum atomic E-state index is -4.77. The van der Waals surface area contributed by atoms with Gasteiger partial charge in [-0.3, -0.25) is 20.7 Å². The van der Waals surface area contributed by atoms with Crippen molar-refractivity contribution in [1.82, 2.24) is 25.8 Å². The van der Waals surface area contributed by atoms with Crippen LogP contribution in [-0.4, -0.2) is 52.8 Å². The first-order valence-corrected chi connectivity index (χ1v) is 10.0. The fraction of sp³-hybridized carbons (Fsp3) is 0.579. The van der Waals surface area contributed by atoms with Gasteiger partial charge in [-0.15, -0.1) is 13.2 Å². The number of amides is 2. The number of carbonyl (C=O) groups excluding carboxylic acids is 1. The van der Waals surface area contributed by atoms with Gasteiger partial charge in [-0.1, -0.05) is 18.9 Å². The Bertz CT molecular complexity index is 771. The second kappa shape index (κ2) is 8.88. The molecular formula is C19H27F3N6O2. The Labute approximate surface area is 173 Å². The highest BCUT2D eigenvalue weighted by Gasteiger charge is 2.40. The topological polar surface area (TPSA) is 83.9 Å². The van der Waals surface area contributed by atoms with Crippen LogP contribution in [0.15, 0.2) is 35.5 Å². The van der Waals surface area contributed by atoms with E-state index in [2.05, 4.69) is 15.6 Å². The molecule has 11 heteroatoms. The van der Waals surface area contributed by atoms with E-state index in [0.29, 0.717) is 18.7 Å². The second-order valence-corrected chi connectivity index (χ2v) is 7.31. The van der Waals surface area contributed by atoms with E-state index in [4.69, 9.17) is 5.41 Å². The Balaban J connectivity index is 1.77. The Morgan fingerprint density at radius 2 is 2.03 bits per heavy atom. The molecule has 0 unspecified atom stereocenters. The summed E-state index contributed by atoms with van der Waals surface area (Å²) >= 11 is 0. The first kappa shape index (κ1) is 21.8.